The largest absolute Gasteiger partial charge is 0.248 e. The molecule has 0 amide bonds. The molecule has 1 heterocycles. The number of hydrogen-bond acceptors (Lipinski definition) is 1. The first kappa shape index (κ1) is 36.5. The maximum absolute atomic E-state index is 5.36. The van der Waals surface area contributed by atoms with Crippen LogP contribution in [0.5, 0.6) is 0 Å². The molecule has 1 heteroatoms. The summed E-state index contributed by atoms with van der Waals surface area (Å²) in [6.07, 6.45) is 0. The fourth-order valence-corrected chi connectivity index (χ4v) is 9.54. The Bertz CT molecular complexity index is 3210. The molecule has 0 unspecified atom stereocenters. The van der Waals surface area contributed by atoms with E-state index in [9.17, 15) is 0 Å². The van der Waals surface area contributed by atoms with Gasteiger partial charge in [-0.05, 0) is 101 Å². The van der Waals surface area contributed by atoms with Crippen LogP contribution in [0.15, 0.2) is 224 Å². The quantitative estimate of drug-likeness (QED) is 0.157. The van der Waals surface area contributed by atoms with E-state index in [1.165, 1.54) is 77.5 Å². The van der Waals surface area contributed by atoms with Crippen molar-refractivity contribution in [3.63, 3.8) is 0 Å². The summed E-state index contributed by atoms with van der Waals surface area (Å²) in [6, 6.07) is 81.5. The number of benzene rings is 9. The van der Waals surface area contributed by atoms with Crippen molar-refractivity contribution in [2.75, 3.05) is 0 Å². The molecule has 0 atom stereocenters. The van der Waals surface area contributed by atoms with Gasteiger partial charge in [-0.3, -0.25) is 0 Å². The highest BCUT2D eigenvalue weighted by Crippen LogP contribution is 2.52. The summed E-state index contributed by atoms with van der Waals surface area (Å²) >= 11 is 0. The smallest absolute Gasteiger partial charge is 0.0715 e. The van der Waals surface area contributed by atoms with Gasteiger partial charge in [-0.25, -0.2) is 4.98 Å². The highest BCUT2D eigenvalue weighted by atomic mass is 14.7. The summed E-state index contributed by atoms with van der Waals surface area (Å²) in [7, 11) is 0. The summed E-state index contributed by atoms with van der Waals surface area (Å²) in [5.41, 5.74) is 21.5. The van der Waals surface area contributed by atoms with Gasteiger partial charge in [0, 0.05) is 16.5 Å². The first-order valence-corrected chi connectivity index (χ1v) is 21.2. The van der Waals surface area contributed by atoms with E-state index in [2.05, 4.69) is 238 Å². The summed E-state index contributed by atoms with van der Waals surface area (Å²) in [5.74, 6) is 0. The Labute approximate surface area is 358 Å². The summed E-state index contributed by atoms with van der Waals surface area (Å²) in [6.45, 7) is 4.71. The normalized spacial score (nSPS) is 12.6. The lowest BCUT2D eigenvalue weighted by Gasteiger charge is -2.24. The average molecular weight is 778 g/mol. The fraction of sp³-hybridized carbons (Fsp3) is 0.0500. The molecule has 9 aromatic carbocycles. The highest BCUT2D eigenvalue weighted by molar-refractivity contribution is 5.97. The Morgan fingerprint density at radius 1 is 0.295 bits per heavy atom. The molecule has 0 N–H and O–H groups in total. The second kappa shape index (κ2) is 14.9. The van der Waals surface area contributed by atoms with E-state index in [0.717, 1.165) is 33.6 Å². The minimum atomic E-state index is -0.0870. The zero-order valence-electron chi connectivity index (χ0n) is 34.3. The van der Waals surface area contributed by atoms with Gasteiger partial charge in [0.1, 0.15) is 0 Å². The Morgan fingerprint density at radius 2 is 0.705 bits per heavy atom. The minimum Gasteiger partial charge on any atom is -0.248 e. The molecule has 0 fully saturated rings. The van der Waals surface area contributed by atoms with Crippen LogP contribution < -0.4 is 0 Å². The van der Waals surface area contributed by atoms with E-state index in [4.69, 9.17) is 4.98 Å². The lowest BCUT2D eigenvalue weighted by Crippen LogP contribution is -2.16. The van der Waals surface area contributed by atoms with Crippen LogP contribution in [0.2, 0.25) is 0 Å². The van der Waals surface area contributed by atoms with Gasteiger partial charge in [0.15, 0.2) is 0 Å². The fourth-order valence-electron chi connectivity index (χ4n) is 9.54. The third-order valence-electron chi connectivity index (χ3n) is 12.7. The summed E-state index contributed by atoms with van der Waals surface area (Å²) < 4.78 is 0. The topological polar surface area (TPSA) is 12.9 Å². The second-order valence-electron chi connectivity index (χ2n) is 16.7. The molecule has 0 saturated heterocycles. The lowest BCUT2D eigenvalue weighted by atomic mass is 9.79. The van der Waals surface area contributed by atoms with Gasteiger partial charge in [0.05, 0.1) is 11.4 Å². The summed E-state index contributed by atoms with van der Waals surface area (Å²) in [4.78, 5) is 5.36. The Morgan fingerprint density at radius 3 is 1.34 bits per heavy atom. The van der Waals surface area contributed by atoms with Crippen LogP contribution in [-0.2, 0) is 5.41 Å². The van der Waals surface area contributed by atoms with Gasteiger partial charge in [0.2, 0.25) is 0 Å². The molecule has 0 aliphatic heterocycles. The number of fused-ring (bicyclic) bond motifs is 4. The van der Waals surface area contributed by atoms with Crippen LogP contribution in [0.3, 0.4) is 0 Å². The maximum Gasteiger partial charge on any atom is 0.0715 e. The maximum atomic E-state index is 5.36. The number of nitrogens with zero attached hydrogens (tertiary/aromatic N) is 1. The minimum absolute atomic E-state index is 0.0870. The van der Waals surface area contributed by atoms with Crippen molar-refractivity contribution in [3.05, 3.63) is 236 Å². The third-order valence-corrected chi connectivity index (χ3v) is 12.7. The molecular formula is C60H43N. The zero-order chi connectivity index (χ0) is 40.9. The van der Waals surface area contributed by atoms with Gasteiger partial charge in [-0.15, -0.1) is 0 Å². The SMILES string of the molecule is CC1(C)c2ccccc2-c2cccc(-c3ccc(-c4cc(-c5ccc(-c6cccc7ccccc67)cc5)cc(-c5ccc(-c6ccc(-c7ccccc7)cc6)cc5)n4)cc3)c21. The predicted molar refractivity (Wildman–Crippen MR) is 257 cm³/mol. The van der Waals surface area contributed by atoms with Crippen LogP contribution in [0.25, 0.3) is 100 Å². The van der Waals surface area contributed by atoms with Gasteiger partial charge < -0.3 is 0 Å². The second-order valence-corrected chi connectivity index (χ2v) is 16.7. The average Bonchev–Trinajstić information content (AvgIpc) is 3.57. The molecule has 61 heavy (non-hydrogen) atoms. The molecule has 1 aliphatic carbocycles. The molecule has 10 aromatic rings. The van der Waals surface area contributed by atoms with Crippen molar-refractivity contribution in [1.82, 2.24) is 4.98 Å². The van der Waals surface area contributed by atoms with Gasteiger partial charge in [-0.2, -0.15) is 0 Å². The molecule has 0 radical (unpaired) electrons. The highest BCUT2D eigenvalue weighted by Gasteiger charge is 2.37. The number of aromatic nitrogens is 1. The lowest BCUT2D eigenvalue weighted by molar-refractivity contribution is 0.662. The zero-order valence-corrected chi connectivity index (χ0v) is 34.3. The van der Waals surface area contributed by atoms with Crippen LogP contribution >= 0.6 is 0 Å². The monoisotopic (exact) mass is 777 g/mol. The predicted octanol–water partition coefficient (Wildman–Crippen LogP) is 16.2. The molecule has 1 nitrogen and oxygen atoms in total. The van der Waals surface area contributed by atoms with Crippen molar-refractivity contribution < 1.29 is 0 Å². The Kier molecular flexibility index (Phi) is 8.90. The molecule has 0 spiro atoms. The Hall–Kier alpha value is -7.61. The van der Waals surface area contributed by atoms with Gasteiger partial charge in [0.25, 0.3) is 0 Å². The van der Waals surface area contributed by atoms with E-state index in [1.807, 2.05) is 0 Å². The van der Waals surface area contributed by atoms with E-state index >= 15 is 0 Å². The van der Waals surface area contributed by atoms with Crippen molar-refractivity contribution in [2.45, 2.75) is 19.3 Å². The van der Waals surface area contributed by atoms with Crippen LogP contribution in [0, 0.1) is 0 Å². The van der Waals surface area contributed by atoms with Gasteiger partial charge >= 0.3 is 0 Å². The molecule has 288 valence electrons. The van der Waals surface area contributed by atoms with E-state index < -0.39 is 0 Å². The van der Waals surface area contributed by atoms with E-state index in [1.54, 1.807) is 0 Å². The summed E-state index contributed by atoms with van der Waals surface area (Å²) in [5, 5.41) is 2.51. The Balaban J connectivity index is 0.964. The first-order valence-electron chi connectivity index (χ1n) is 21.2. The number of rotatable bonds is 7. The van der Waals surface area contributed by atoms with Crippen LogP contribution in [-0.4, -0.2) is 4.98 Å². The molecule has 1 aromatic heterocycles. The standard InChI is InChI=1S/C60H43N/c1-60(2)56-21-9-8-17-54(56)55-20-11-19-53(59(55)60)47-32-36-49(37-33-47)58-39-50(44-26-30-46(31-27-44)52-18-10-15-45-14-6-7-16-51(45)52)38-57(61-58)48-34-28-43(29-35-48)42-24-22-41(23-25-42)40-12-4-3-5-13-40/h3-39H,1-2H3. The molecular weight excluding hydrogens is 735 g/mol. The van der Waals surface area contributed by atoms with Crippen molar-refractivity contribution in [2.24, 2.45) is 0 Å². The van der Waals surface area contributed by atoms with Gasteiger partial charge in [-0.1, -0.05) is 226 Å². The van der Waals surface area contributed by atoms with Crippen LogP contribution in [0.1, 0.15) is 25.0 Å². The third kappa shape index (κ3) is 6.56. The number of hydrogen-bond donors (Lipinski definition) is 0. The van der Waals surface area contributed by atoms with Crippen LogP contribution in [0.4, 0.5) is 0 Å². The molecule has 1 aliphatic rings. The molecule has 0 saturated carbocycles. The van der Waals surface area contributed by atoms with E-state index in [0.29, 0.717) is 0 Å². The van der Waals surface area contributed by atoms with Crippen molar-refractivity contribution in [1.29, 1.82) is 0 Å². The molecule has 0 bridgehead atoms. The number of pyridine rings is 1. The van der Waals surface area contributed by atoms with E-state index in [-0.39, 0.29) is 5.41 Å². The van der Waals surface area contributed by atoms with Crippen molar-refractivity contribution >= 4 is 10.8 Å². The molecule has 11 rings (SSSR count). The van der Waals surface area contributed by atoms with Crippen molar-refractivity contribution in [3.8, 4) is 89.3 Å². The first-order chi connectivity index (χ1) is 30.0.